The summed E-state index contributed by atoms with van der Waals surface area (Å²) >= 11 is 0. The first-order valence-corrected chi connectivity index (χ1v) is 26.6. The molecule has 2 aliphatic rings. The van der Waals surface area contributed by atoms with Gasteiger partial charge in [-0.05, 0) is 84.6 Å². The number of carbonyl (C=O) groups excluding carboxylic acids is 4. The molecule has 0 atom stereocenters. The van der Waals surface area contributed by atoms with Crippen LogP contribution in [0.5, 0.6) is 0 Å². The van der Waals surface area contributed by atoms with Crippen molar-refractivity contribution in [2.45, 2.75) is 244 Å². The Morgan fingerprint density at radius 3 is 1.13 bits per heavy atom. The monoisotopic (exact) mass is 1070 g/mol. The molecule has 1 aromatic rings. The van der Waals surface area contributed by atoms with E-state index in [1.807, 2.05) is 141 Å². The first-order valence-electron chi connectivity index (χ1n) is 26.6. The predicted octanol–water partition coefficient (Wildman–Crippen LogP) is 18.5. The van der Waals surface area contributed by atoms with E-state index in [2.05, 4.69) is 47.4 Å². The van der Waals surface area contributed by atoms with Gasteiger partial charge in [0.1, 0.15) is 12.2 Å². The molecule has 2 aliphatic carbocycles. The topological polar surface area (TPSA) is 144 Å². The number of benzene rings is 1. The Balaban J connectivity index is -0.000000117. The van der Waals surface area contributed by atoms with E-state index in [0.29, 0.717) is 31.0 Å². The molecule has 0 aliphatic heterocycles. The number of esters is 4. The highest BCUT2D eigenvalue weighted by molar-refractivity contribution is 5.72. The Kier molecular flexibility index (Phi) is 60.4. The average Bonchev–Trinajstić information content (AvgIpc) is 3.81. The molecule has 2 fully saturated rings. The Morgan fingerprint density at radius 1 is 0.507 bits per heavy atom. The van der Waals surface area contributed by atoms with E-state index in [1.165, 1.54) is 57.8 Å². The molecule has 75 heavy (non-hydrogen) atoms. The van der Waals surface area contributed by atoms with E-state index in [0.717, 1.165) is 36.2 Å². The molecule has 2 saturated carbocycles. The van der Waals surface area contributed by atoms with Crippen molar-refractivity contribution < 1.29 is 52.7 Å². The molecule has 0 heterocycles. The lowest BCUT2D eigenvalue weighted by Crippen LogP contribution is -2.26. The standard InChI is InChI=1S/C11H20O2.C11H14O2.C11H20O.C8H16O2.C7H14O2.C7H14O.C5H10O.4CH4/c2*1-9(2)11(12)13-8-10-6-4-3-5-7-10;1-9(2)10(3)12-8-11-6-4-5-7-11;1-6(2)7(9)10-8(3,4)5;1-5(2)7(8)9-6(3)4;1-5-8-7(4)6(2)3;1-4(2)5(3)6;;;;/h9-10H,3-8H2,1-2H3;3-7,9H,8H2,1-2H3;9,11H,3-8H2,1-2H3;6H,1-5H3;5-6H,1-4H3;6H,4-5H2,1-3H3;4,6H,3H2,1-2H3;4*1H4. The van der Waals surface area contributed by atoms with Gasteiger partial charge in [-0.3, -0.25) is 19.2 Å². The van der Waals surface area contributed by atoms with Gasteiger partial charge < -0.3 is 33.5 Å². The number of ether oxygens (including phenoxy) is 6. The van der Waals surface area contributed by atoms with Gasteiger partial charge >= 0.3 is 23.9 Å². The van der Waals surface area contributed by atoms with Gasteiger partial charge in [0.2, 0.25) is 0 Å². The molecule has 1 aromatic carbocycles. The zero-order chi connectivity index (χ0) is 55.9. The maximum atomic E-state index is 11.2. The van der Waals surface area contributed by atoms with Gasteiger partial charge in [-0.15, -0.1) is 0 Å². The fraction of sp³-hybridized carbons (Fsp3) is 0.750. The molecule has 1 N–H and O–H groups in total. The fourth-order valence-electron chi connectivity index (χ4n) is 5.32. The van der Waals surface area contributed by atoms with Crippen LogP contribution in [0.15, 0.2) is 67.3 Å². The highest BCUT2D eigenvalue weighted by Crippen LogP contribution is 2.26. The van der Waals surface area contributed by atoms with Crippen LogP contribution in [0.4, 0.5) is 0 Å². The van der Waals surface area contributed by atoms with Gasteiger partial charge in [0.05, 0.1) is 66.9 Å². The fourth-order valence-corrected chi connectivity index (χ4v) is 5.32. The summed E-state index contributed by atoms with van der Waals surface area (Å²) in [4.78, 5) is 43.9. The van der Waals surface area contributed by atoms with Crippen molar-refractivity contribution >= 4 is 23.9 Å². The molecule has 0 aromatic heterocycles. The van der Waals surface area contributed by atoms with E-state index in [9.17, 15) is 19.2 Å². The van der Waals surface area contributed by atoms with Crippen LogP contribution in [0, 0.1) is 53.3 Å². The Morgan fingerprint density at radius 2 is 0.853 bits per heavy atom. The molecule has 11 nitrogen and oxygen atoms in total. The normalized spacial score (nSPS) is 12.6. The van der Waals surface area contributed by atoms with Gasteiger partial charge in [-0.25, -0.2) is 0 Å². The number of hydrogen-bond acceptors (Lipinski definition) is 11. The summed E-state index contributed by atoms with van der Waals surface area (Å²) in [5.41, 5.74) is 0.679. The highest BCUT2D eigenvalue weighted by Gasteiger charge is 2.19. The van der Waals surface area contributed by atoms with E-state index in [1.54, 1.807) is 0 Å². The lowest BCUT2D eigenvalue weighted by atomic mass is 9.90. The molecule has 3 rings (SSSR count). The number of carbonyl (C=O) groups is 4. The van der Waals surface area contributed by atoms with Gasteiger partial charge in [-0.1, -0.05) is 209 Å². The first-order chi connectivity index (χ1) is 32.8. The minimum Gasteiger partial charge on any atom is -0.513 e. The van der Waals surface area contributed by atoms with Gasteiger partial charge in [0.15, 0.2) is 0 Å². The molecule has 0 unspecified atom stereocenters. The van der Waals surface area contributed by atoms with Crippen LogP contribution >= 0.6 is 0 Å². The van der Waals surface area contributed by atoms with Crippen LogP contribution in [0.1, 0.15) is 232 Å². The van der Waals surface area contributed by atoms with Crippen molar-refractivity contribution in [1.29, 1.82) is 0 Å². The third-order valence-electron chi connectivity index (χ3n) is 10.3. The number of hydrogen-bond donors (Lipinski definition) is 1. The third kappa shape index (κ3) is 58.8. The molecule has 446 valence electrons. The summed E-state index contributed by atoms with van der Waals surface area (Å²) < 4.78 is 30.9. The van der Waals surface area contributed by atoms with Crippen molar-refractivity contribution in [3.05, 3.63) is 72.9 Å². The van der Waals surface area contributed by atoms with Crippen molar-refractivity contribution in [2.75, 3.05) is 19.8 Å². The summed E-state index contributed by atoms with van der Waals surface area (Å²) in [6, 6.07) is 9.67. The zero-order valence-electron chi connectivity index (χ0n) is 49.0. The number of rotatable bonds is 17. The summed E-state index contributed by atoms with van der Waals surface area (Å²) in [6.45, 7) is 51.7. The predicted molar refractivity (Wildman–Crippen MR) is 321 cm³/mol. The smallest absolute Gasteiger partial charge is 0.308 e. The van der Waals surface area contributed by atoms with Crippen LogP contribution in [-0.2, 0) is 54.2 Å². The SMILES string of the molecule is C.C.C.C.C=C(O)C(C)C.C=C(OCC)C(C)C.C=C(OCC1CCCC1)C(C)C.CC(C)C(=O)OC(C)(C)C.CC(C)C(=O)OCC1CCCCC1.CC(C)C(=O)OCc1ccccc1.CC(C)OC(=O)C(C)C. The summed E-state index contributed by atoms with van der Waals surface area (Å²) in [7, 11) is 0. The first kappa shape index (κ1) is 87.4. The molecular weight excluding hydrogens is 945 g/mol. The van der Waals surface area contributed by atoms with Gasteiger partial charge in [0, 0.05) is 17.8 Å². The molecule has 0 amide bonds. The second kappa shape index (κ2) is 51.8. The largest absolute Gasteiger partial charge is 0.513 e. The second-order valence-electron chi connectivity index (χ2n) is 21.6. The van der Waals surface area contributed by atoms with Gasteiger partial charge in [-0.2, -0.15) is 0 Å². The molecule has 0 bridgehead atoms. The van der Waals surface area contributed by atoms with E-state index in [-0.39, 0.29) is 101 Å². The van der Waals surface area contributed by atoms with Crippen LogP contribution in [0.2, 0.25) is 0 Å². The maximum Gasteiger partial charge on any atom is 0.308 e. The molecule has 0 spiro atoms. The number of aliphatic hydroxyl groups excluding tert-OH is 1. The Hall–Kier alpha value is -4.28. The summed E-state index contributed by atoms with van der Waals surface area (Å²) in [5.74, 6) is 4.14. The maximum absolute atomic E-state index is 11.2. The van der Waals surface area contributed by atoms with E-state index < -0.39 is 0 Å². The van der Waals surface area contributed by atoms with Crippen LogP contribution < -0.4 is 0 Å². The molecule has 0 radical (unpaired) electrons. The van der Waals surface area contributed by atoms with E-state index in [4.69, 9.17) is 33.5 Å². The van der Waals surface area contributed by atoms with Crippen molar-refractivity contribution in [3.8, 4) is 0 Å². The number of allylic oxidation sites excluding steroid dienone is 3. The lowest BCUT2D eigenvalue weighted by Gasteiger charge is -2.21. The van der Waals surface area contributed by atoms with Crippen molar-refractivity contribution in [2.24, 2.45) is 53.3 Å². The van der Waals surface area contributed by atoms with Crippen LogP contribution in [0.25, 0.3) is 0 Å². The third-order valence-corrected chi connectivity index (χ3v) is 10.3. The highest BCUT2D eigenvalue weighted by atomic mass is 16.6. The molecule has 0 saturated heterocycles. The quantitative estimate of drug-likeness (QED) is 0.0904. The zero-order valence-corrected chi connectivity index (χ0v) is 49.0. The second-order valence-corrected chi connectivity index (χ2v) is 21.6. The summed E-state index contributed by atoms with van der Waals surface area (Å²) in [5, 5.41) is 8.44. The minimum absolute atomic E-state index is 0. The van der Waals surface area contributed by atoms with Gasteiger partial charge in [0.25, 0.3) is 0 Å². The minimum atomic E-state index is -0.346. The average molecular weight is 1070 g/mol. The van der Waals surface area contributed by atoms with E-state index >= 15 is 0 Å². The Labute approximate surface area is 465 Å². The van der Waals surface area contributed by atoms with Crippen LogP contribution in [-0.4, -0.2) is 60.5 Å². The van der Waals surface area contributed by atoms with Crippen LogP contribution in [0.3, 0.4) is 0 Å². The molecule has 11 heteroatoms. The van der Waals surface area contributed by atoms with Crippen molar-refractivity contribution in [3.63, 3.8) is 0 Å². The number of aliphatic hydroxyl groups is 1. The lowest BCUT2D eigenvalue weighted by molar-refractivity contribution is -0.158. The van der Waals surface area contributed by atoms with Crippen molar-refractivity contribution in [1.82, 2.24) is 0 Å². The summed E-state index contributed by atoms with van der Waals surface area (Å²) in [6.07, 6.45) is 12.0. The molecular formula is C64H124O11. The Bertz CT molecular complexity index is 1540.